The van der Waals surface area contributed by atoms with Gasteiger partial charge in [0.15, 0.2) is 5.96 Å². The fraction of sp³-hybridized carbons (Fsp3) is 0.692. The molecule has 0 unspecified atom stereocenters. The first-order valence-electron chi connectivity index (χ1n) is 6.83. The van der Waals surface area contributed by atoms with Crippen molar-refractivity contribution in [3.8, 4) is 0 Å². The van der Waals surface area contributed by atoms with E-state index in [0.29, 0.717) is 18.4 Å². The highest BCUT2D eigenvalue weighted by Crippen LogP contribution is 2.18. The Morgan fingerprint density at radius 1 is 1.36 bits per heavy atom. The zero-order chi connectivity index (χ0) is 15.9. The zero-order valence-electron chi connectivity index (χ0n) is 12.9. The van der Waals surface area contributed by atoms with Gasteiger partial charge in [-0.1, -0.05) is 13.8 Å². The van der Waals surface area contributed by atoms with Crippen molar-refractivity contribution >= 4 is 29.9 Å². The van der Waals surface area contributed by atoms with Crippen LogP contribution in [-0.4, -0.2) is 35.3 Å². The van der Waals surface area contributed by atoms with Gasteiger partial charge in [0.1, 0.15) is 5.82 Å². The summed E-state index contributed by atoms with van der Waals surface area (Å²) in [6.45, 7) is 5.26. The molecule has 0 aliphatic rings. The Balaban J connectivity index is 0.00000441. The minimum atomic E-state index is -4.17. The van der Waals surface area contributed by atoms with Crippen molar-refractivity contribution in [1.82, 2.24) is 20.2 Å². The number of nitrogens with one attached hydrogen (secondary N) is 2. The second kappa shape index (κ2) is 9.90. The predicted octanol–water partition coefficient (Wildman–Crippen LogP) is 2.77. The Labute approximate surface area is 145 Å². The fourth-order valence-corrected chi connectivity index (χ4v) is 1.77. The average molecular weight is 433 g/mol. The molecule has 0 fully saturated rings. The van der Waals surface area contributed by atoms with E-state index in [9.17, 15) is 13.2 Å². The van der Waals surface area contributed by atoms with Crippen LogP contribution < -0.4 is 10.6 Å². The summed E-state index contributed by atoms with van der Waals surface area (Å²) in [6, 6.07) is 0. The number of aliphatic imine (C=N–C) groups is 1. The first kappa shape index (κ1) is 21.0. The highest BCUT2D eigenvalue weighted by Gasteiger charge is 2.26. The Morgan fingerprint density at radius 2 is 2.05 bits per heavy atom. The SMILES string of the molecule is CN=C(NCCC(F)(F)F)NCc1nccn1CC(C)C.I. The molecule has 0 saturated heterocycles. The van der Waals surface area contributed by atoms with Gasteiger partial charge in [-0.2, -0.15) is 13.2 Å². The molecule has 0 amide bonds. The molecule has 128 valence electrons. The third-order valence-corrected chi connectivity index (χ3v) is 2.70. The molecule has 1 aromatic heterocycles. The number of aromatic nitrogens is 2. The second-order valence-corrected chi connectivity index (χ2v) is 5.11. The number of nitrogens with zero attached hydrogens (tertiary/aromatic N) is 3. The van der Waals surface area contributed by atoms with Crippen molar-refractivity contribution in [3.63, 3.8) is 0 Å². The first-order chi connectivity index (χ1) is 9.81. The second-order valence-electron chi connectivity index (χ2n) is 5.11. The van der Waals surface area contributed by atoms with Crippen LogP contribution in [0.15, 0.2) is 17.4 Å². The molecular weight excluding hydrogens is 410 g/mol. The summed E-state index contributed by atoms with van der Waals surface area (Å²) in [6.07, 6.45) is -1.47. The van der Waals surface area contributed by atoms with Crippen molar-refractivity contribution in [2.24, 2.45) is 10.9 Å². The van der Waals surface area contributed by atoms with Gasteiger partial charge < -0.3 is 15.2 Å². The van der Waals surface area contributed by atoms with Crippen molar-refractivity contribution in [2.45, 2.75) is 39.5 Å². The summed E-state index contributed by atoms with van der Waals surface area (Å²) in [5.74, 6) is 1.64. The lowest BCUT2D eigenvalue weighted by Gasteiger charge is -2.14. The van der Waals surface area contributed by atoms with Gasteiger partial charge in [0.25, 0.3) is 0 Å². The van der Waals surface area contributed by atoms with Crippen molar-refractivity contribution < 1.29 is 13.2 Å². The van der Waals surface area contributed by atoms with Crippen LogP contribution in [0, 0.1) is 5.92 Å². The maximum atomic E-state index is 12.1. The van der Waals surface area contributed by atoms with Gasteiger partial charge >= 0.3 is 6.18 Å². The number of hydrogen-bond donors (Lipinski definition) is 2. The van der Waals surface area contributed by atoms with Crippen molar-refractivity contribution in [3.05, 3.63) is 18.2 Å². The van der Waals surface area contributed by atoms with Crippen LogP contribution in [0.25, 0.3) is 0 Å². The molecule has 0 aliphatic carbocycles. The number of alkyl halides is 3. The van der Waals surface area contributed by atoms with Crippen LogP contribution in [0.3, 0.4) is 0 Å². The van der Waals surface area contributed by atoms with E-state index in [1.807, 2.05) is 10.8 Å². The van der Waals surface area contributed by atoms with E-state index >= 15 is 0 Å². The molecule has 9 heteroatoms. The number of halogens is 4. The molecular formula is C13H23F3IN5. The minimum absolute atomic E-state index is 0. The van der Waals surface area contributed by atoms with Crippen molar-refractivity contribution in [1.29, 1.82) is 0 Å². The maximum Gasteiger partial charge on any atom is 0.390 e. The summed E-state index contributed by atoms with van der Waals surface area (Å²) in [5.41, 5.74) is 0. The largest absolute Gasteiger partial charge is 0.390 e. The van der Waals surface area contributed by atoms with Gasteiger partial charge in [-0.05, 0) is 5.92 Å². The first-order valence-corrected chi connectivity index (χ1v) is 6.83. The molecule has 0 atom stereocenters. The fourth-order valence-electron chi connectivity index (χ4n) is 1.77. The number of imidazole rings is 1. The predicted molar refractivity (Wildman–Crippen MR) is 91.4 cm³/mol. The van der Waals surface area contributed by atoms with E-state index in [1.165, 1.54) is 7.05 Å². The molecule has 1 aromatic rings. The monoisotopic (exact) mass is 433 g/mol. The number of rotatable bonds is 6. The molecule has 0 spiro atoms. The lowest BCUT2D eigenvalue weighted by Crippen LogP contribution is -2.39. The Hall–Kier alpha value is -1.00. The van der Waals surface area contributed by atoms with E-state index in [1.54, 1.807) is 6.20 Å². The van der Waals surface area contributed by atoms with Gasteiger partial charge in [-0.3, -0.25) is 4.99 Å². The molecule has 0 saturated carbocycles. The quantitative estimate of drug-likeness (QED) is 0.412. The lowest BCUT2D eigenvalue weighted by atomic mass is 10.2. The van der Waals surface area contributed by atoms with E-state index in [2.05, 4.69) is 34.5 Å². The molecule has 0 aliphatic heterocycles. The highest BCUT2D eigenvalue weighted by molar-refractivity contribution is 14.0. The van der Waals surface area contributed by atoms with Crippen LogP contribution in [0.4, 0.5) is 13.2 Å². The van der Waals surface area contributed by atoms with Gasteiger partial charge in [0.2, 0.25) is 0 Å². The van der Waals surface area contributed by atoms with Gasteiger partial charge in [-0.25, -0.2) is 4.98 Å². The van der Waals surface area contributed by atoms with Crippen LogP contribution in [0.5, 0.6) is 0 Å². The van der Waals surface area contributed by atoms with Crippen LogP contribution in [0.1, 0.15) is 26.1 Å². The van der Waals surface area contributed by atoms with E-state index in [4.69, 9.17) is 0 Å². The summed E-state index contributed by atoms with van der Waals surface area (Å²) in [5, 5.41) is 5.59. The van der Waals surface area contributed by atoms with E-state index in [0.717, 1.165) is 12.4 Å². The standard InChI is InChI=1S/C13H22F3N5.HI/c1-10(2)9-21-7-6-18-11(21)8-20-12(17-3)19-5-4-13(14,15)16;/h6-7,10H,4-5,8-9H2,1-3H3,(H2,17,19,20);1H. The van der Waals surface area contributed by atoms with Gasteiger partial charge in [-0.15, -0.1) is 24.0 Å². The summed E-state index contributed by atoms with van der Waals surface area (Å²) >= 11 is 0. The van der Waals surface area contributed by atoms with Crippen LogP contribution in [-0.2, 0) is 13.1 Å². The minimum Gasteiger partial charge on any atom is -0.356 e. The van der Waals surface area contributed by atoms with E-state index in [-0.39, 0.29) is 30.5 Å². The number of guanidine groups is 1. The third-order valence-electron chi connectivity index (χ3n) is 2.70. The normalized spacial score (nSPS) is 12.2. The molecule has 22 heavy (non-hydrogen) atoms. The molecule has 1 heterocycles. The molecule has 5 nitrogen and oxygen atoms in total. The summed E-state index contributed by atoms with van der Waals surface area (Å²) in [4.78, 5) is 8.12. The smallest absolute Gasteiger partial charge is 0.356 e. The zero-order valence-corrected chi connectivity index (χ0v) is 15.3. The van der Waals surface area contributed by atoms with Gasteiger partial charge in [0.05, 0.1) is 13.0 Å². The molecule has 2 N–H and O–H groups in total. The van der Waals surface area contributed by atoms with Crippen LogP contribution >= 0.6 is 24.0 Å². The lowest BCUT2D eigenvalue weighted by molar-refractivity contribution is -0.132. The molecule has 1 rings (SSSR count). The van der Waals surface area contributed by atoms with E-state index < -0.39 is 12.6 Å². The molecule has 0 bridgehead atoms. The Bertz CT molecular complexity index is 457. The van der Waals surface area contributed by atoms with Crippen LogP contribution in [0.2, 0.25) is 0 Å². The van der Waals surface area contributed by atoms with Gasteiger partial charge in [0, 0.05) is 32.5 Å². The maximum absolute atomic E-state index is 12.1. The summed E-state index contributed by atoms with van der Waals surface area (Å²) < 4.78 is 38.3. The highest BCUT2D eigenvalue weighted by atomic mass is 127. The average Bonchev–Trinajstić information content (AvgIpc) is 2.78. The summed E-state index contributed by atoms with van der Waals surface area (Å²) in [7, 11) is 1.52. The molecule has 0 radical (unpaired) electrons. The Morgan fingerprint density at radius 3 is 2.59 bits per heavy atom. The van der Waals surface area contributed by atoms with Crippen molar-refractivity contribution in [2.75, 3.05) is 13.6 Å². The number of hydrogen-bond acceptors (Lipinski definition) is 2. The third kappa shape index (κ3) is 8.44. The Kier molecular flexibility index (Phi) is 9.45. The topological polar surface area (TPSA) is 54.2 Å². The molecule has 0 aromatic carbocycles.